The minimum absolute atomic E-state index is 0.159. The third-order valence-electron chi connectivity index (χ3n) is 2.33. The second-order valence-electron chi connectivity index (χ2n) is 3.55. The maximum atomic E-state index is 13.0. The molecule has 1 aliphatic rings. The first-order valence-electron chi connectivity index (χ1n) is 5.39. The summed E-state index contributed by atoms with van der Waals surface area (Å²) in [5, 5.41) is 3.20. The monoisotopic (exact) mass is 219 g/mol. The first-order chi connectivity index (χ1) is 7.24. The molecule has 2 atom stereocenters. The number of halogens is 1. The SMILES string of the molecule is CCOC(=O)C(F)OCC1CCCCN1. The molecule has 0 aromatic carbocycles. The molecule has 0 aromatic rings. The van der Waals surface area contributed by atoms with Crippen LogP contribution in [0.4, 0.5) is 4.39 Å². The van der Waals surface area contributed by atoms with Crippen LogP contribution in [-0.4, -0.2) is 38.1 Å². The third-order valence-corrected chi connectivity index (χ3v) is 2.33. The Morgan fingerprint density at radius 1 is 1.60 bits per heavy atom. The van der Waals surface area contributed by atoms with Crippen molar-refractivity contribution in [1.29, 1.82) is 0 Å². The maximum absolute atomic E-state index is 13.0. The number of hydrogen-bond donors (Lipinski definition) is 1. The Morgan fingerprint density at radius 2 is 2.40 bits per heavy atom. The molecule has 2 unspecified atom stereocenters. The molecule has 1 aliphatic heterocycles. The maximum Gasteiger partial charge on any atom is 0.368 e. The molecular weight excluding hydrogens is 201 g/mol. The van der Waals surface area contributed by atoms with Gasteiger partial charge in [-0.15, -0.1) is 0 Å². The van der Waals surface area contributed by atoms with E-state index < -0.39 is 12.3 Å². The zero-order valence-electron chi connectivity index (χ0n) is 9.00. The minimum Gasteiger partial charge on any atom is -0.462 e. The summed E-state index contributed by atoms with van der Waals surface area (Å²) in [6, 6.07) is 0.159. The fraction of sp³-hybridized carbons (Fsp3) is 0.900. The summed E-state index contributed by atoms with van der Waals surface area (Å²) in [5.41, 5.74) is 0. The number of nitrogens with one attached hydrogen (secondary N) is 1. The van der Waals surface area contributed by atoms with Gasteiger partial charge in [0.05, 0.1) is 13.2 Å². The van der Waals surface area contributed by atoms with Gasteiger partial charge in [0.2, 0.25) is 0 Å². The Labute approximate surface area is 89.1 Å². The van der Waals surface area contributed by atoms with Crippen LogP contribution in [0, 0.1) is 0 Å². The second kappa shape index (κ2) is 6.74. The smallest absolute Gasteiger partial charge is 0.368 e. The summed E-state index contributed by atoms with van der Waals surface area (Å²) in [5.74, 6) is -0.937. The van der Waals surface area contributed by atoms with E-state index in [0.29, 0.717) is 0 Å². The molecule has 5 heteroatoms. The third kappa shape index (κ3) is 4.57. The second-order valence-corrected chi connectivity index (χ2v) is 3.55. The molecule has 1 N–H and O–H groups in total. The molecule has 0 aliphatic carbocycles. The number of rotatable bonds is 5. The molecule has 0 bridgehead atoms. The van der Waals surface area contributed by atoms with Crippen molar-refractivity contribution in [2.75, 3.05) is 19.8 Å². The quantitative estimate of drug-likeness (QED) is 0.701. The fourth-order valence-corrected chi connectivity index (χ4v) is 1.54. The van der Waals surface area contributed by atoms with Gasteiger partial charge >= 0.3 is 5.97 Å². The topological polar surface area (TPSA) is 47.6 Å². The van der Waals surface area contributed by atoms with Crippen LogP contribution in [0.3, 0.4) is 0 Å². The number of hydrogen-bond acceptors (Lipinski definition) is 4. The standard InChI is InChI=1S/C10H18FNO3/c1-2-14-10(13)9(11)15-7-8-5-3-4-6-12-8/h8-9,12H,2-7H2,1H3. The van der Waals surface area contributed by atoms with E-state index in [-0.39, 0.29) is 19.3 Å². The molecule has 0 amide bonds. The molecule has 1 rings (SSSR count). The summed E-state index contributed by atoms with van der Waals surface area (Å²) in [7, 11) is 0. The summed E-state index contributed by atoms with van der Waals surface area (Å²) >= 11 is 0. The number of esters is 1. The predicted octanol–water partition coefficient (Wildman–Crippen LogP) is 1.00. The average Bonchev–Trinajstić information content (AvgIpc) is 2.27. The first-order valence-corrected chi connectivity index (χ1v) is 5.39. The largest absolute Gasteiger partial charge is 0.462 e. The van der Waals surface area contributed by atoms with Crippen molar-refractivity contribution in [2.24, 2.45) is 0 Å². The Balaban J connectivity index is 2.14. The highest BCUT2D eigenvalue weighted by molar-refractivity contribution is 5.72. The van der Waals surface area contributed by atoms with Crippen LogP contribution < -0.4 is 5.32 Å². The van der Waals surface area contributed by atoms with E-state index in [4.69, 9.17) is 4.74 Å². The Morgan fingerprint density at radius 3 is 3.00 bits per heavy atom. The van der Waals surface area contributed by atoms with Gasteiger partial charge in [0.15, 0.2) is 0 Å². The van der Waals surface area contributed by atoms with Gasteiger partial charge in [-0.3, -0.25) is 0 Å². The number of ether oxygens (including phenoxy) is 2. The van der Waals surface area contributed by atoms with E-state index in [9.17, 15) is 9.18 Å². The molecule has 1 fully saturated rings. The highest BCUT2D eigenvalue weighted by Crippen LogP contribution is 2.08. The zero-order valence-corrected chi connectivity index (χ0v) is 9.00. The lowest BCUT2D eigenvalue weighted by atomic mass is 10.1. The van der Waals surface area contributed by atoms with E-state index in [1.54, 1.807) is 6.92 Å². The van der Waals surface area contributed by atoms with E-state index >= 15 is 0 Å². The van der Waals surface area contributed by atoms with E-state index in [1.165, 1.54) is 0 Å². The lowest BCUT2D eigenvalue weighted by Crippen LogP contribution is -2.39. The van der Waals surface area contributed by atoms with Crippen LogP contribution in [-0.2, 0) is 14.3 Å². The van der Waals surface area contributed by atoms with Crippen molar-refractivity contribution in [3.8, 4) is 0 Å². The van der Waals surface area contributed by atoms with E-state index in [0.717, 1.165) is 25.8 Å². The summed E-state index contributed by atoms with van der Waals surface area (Å²) in [6.07, 6.45) is 1.29. The first kappa shape index (κ1) is 12.4. The molecule has 0 aromatic heterocycles. The van der Waals surface area contributed by atoms with Crippen LogP contribution in [0.5, 0.6) is 0 Å². The molecule has 0 radical (unpaired) electrons. The number of carbonyl (C=O) groups excluding carboxylic acids is 1. The van der Waals surface area contributed by atoms with Crippen molar-refractivity contribution in [3.05, 3.63) is 0 Å². The van der Waals surface area contributed by atoms with Gasteiger partial charge in [-0.1, -0.05) is 6.42 Å². The highest BCUT2D eigenvalue weighted by atomic mass is 19.1. The molecule has 0 spiro atoms. The molecule has 15 heavy (non-hydrogen) atoms. The van der Waals surface area contributed by atoms with Crippen LogP contribution >= 0.6 is 0 Å². The van der Waals surface area contributed by atoms with Crippen LogP contribution in [0.1, 0.15) is 26.2 Å². The summed E-state index contributed by atoms with van der Waals surface area (Å²) in [4.78, 5) is 10.9. The van der Waals surface area contributed by atoms with Crippen molar-refractivity contribution >= 4 is 5.97 Å². The predicted molar refractivity (Wildman–Crippen MR) is 53.1 cm³/mol. The van der Waals surface area contributed by atoms with Crippen molar-refractivity contribution in [1.82, 2.24) is 5.32 Å². The Kier molecular flexibility index (Phi) is 5.57. The Hall–Kier alpha value is -0.680. The molecular formula is C10H18FNO3. The number of piperidine rings is 1. The van der Waals surface area contributed by atoms with E-state index in [2.05, 4.69) is 10.1 Å². The lowest BCUT2D eigenvalue weighted by Gasteiger charge is -2.23. The van der Waals surface area contributed by atoms with Crippen LogP contribution in [0.2, 0.25) is 0 Å². The van der Waals surface area contributed by atoms with Gasteiger partial charge in [0.1, 0.15) is 0 Å². The van der Waals surface area contributed by atoms with Gasteiger partial charge in [-0.05, 0) is 26.3 Å². The van der Waals surface area contributed by atoms with Crippen molar-refractivity contribution in [2.45, 2.75) is 38.6 Å². The normalized spacial score (nSPS) is 23.5. The Bertz CT molecular complexity index is 195. The van der Waals surface area contributed by atoms with Gasteiger partial charge in [0, 0.05) is 6.04 Å². The van der Waals surface area contributed by atoms with E-state index in [1.807, 2.05) is 0 Å². The van der Waals surface area contributed by atoms with Gasteiger partial charge in [-0.2, -0.15) is 0 Å². The van der Waals surface area contributed by atoms with Crippen LogP contribution in [0.25, 0.3) is 0 Å². The highest BCUT2D eigenvalue weighted by Gasteiger charge is 2.21. The number of carbonyl (C=O) groups is 1. The molecule has 0 saturated carbocycles. The zero-order chi connectivity index (χ0) is 11.1. The molecule has 1 heterocycles. The van der Waals surface area contributed by atoms with Gasteiger partial charge in [0.25, 0.3) is 6.36 Å². The average molecular weight is 219 g/mol. The van der Waals surface area contributed by atoms with Crippen LogP contribution in [0.15, 0.2) is 0 Å². The summed E-state index contributed by atoms with van der Waals surface area (Å²) < 4.78 is 22.3. The van der Waals surface area contributed by atoms with Crippen molar-refractivity contribution in [3.63, 3.8) is 0 Å². The number of alkyl halides is 1. The lowest BCUT2D eigenvalue weighted by molar-refractivity contribution is -0.170. The molecule has 1 saturated heterocycles. The van der Waals surface area contributed by atoms with Crippen molar-refractivity contribution < 1.29 is 18.7 Å². The summed E-state index contributed by atoms with van der Waals surface area (Å²) in [6.45, 7) is 2.96. The minimum atomic E-state index is -1.95. The van der Waals surface area contributed by atoms with Gasteiger partial charge < -0.3 is 14.8 Å². The fourth-order valence-electron chi connectivity index (χ4n) is 1.54. The van der Waals surface area contributed by atoms with Gasteiger partial charge in [-0.25, -0.2) is 9.18 Å². The molecule has 88 valence electrons. The molecule has 4 nitrogen and oxygen atoms in total.